The molecule has 0 amide bonds. The van der Waals surface area contributed by atoms with E-state index in [9.17, 15) is 9.90 Å². The fourth-order valence-electron chi connectivity index (χ4n) is 0.904. The van der Waals surface area contributed by atoms with E-state index >= 15 is 0 Å². The SMILES string of the molecule is CC(=O)CC(O)=C1C=CC=C1. The molecule has 11 heavy (non-hydrogen) atoms. The van der Waals surface area contributed by atoms with Crippen LogP contribution in [0, 0.1) is 0 Å². The number of hydrogen-bond acceptors (Lipinski definition) is 2. The van der Waals surface area contributed by atoms with Crippen molar-refractivity contribution in [3.05, 3.63) is 35.6 Å². The second-order valence-electron chi connectivity index (χ2n) is 2.50. The molecule has 1 N–H and O–H groups in total. The van der Waals surface area contributed by atoms with Crippen LogP contribution in [0.1, 0.15) is 13.3 Å². The van der Waals surface area contributed by atoms with E-state index in [0.717, 1.165) is 5.57 Å². The van der Waals surface area contributed by atoms with Gasteiger partial charge in [0.25, 0.3) is 0 Å². The molecule has 58 valence electrons. The standard InChI is InChI=1S/C9H10O2/c1-7(10)6-9(11)8-4-2-3-5-8/h2-5,11H,6H2,1H3. The zero-order chi connectivity index (χ0) is 8.27. The van der Waals surface area contributed by atoms with Crippen LogP contribution >= 0.6 is 0 Å². The zero-order valence-electron chi connectivity index (χ0n) is 6.37. The highest BCUT2D eigenvalue weighted by molar-refractivity contribution is 5.78. The summed E-state index contributed by atoms with van der Waals surface area (Å²) in [6.45, 7) is 1.46. The predicted molar refractivity (Wildman–Crippen MR) is 43.2 cm³/mol. The van der Waals surface area contributed by atoms with Gasteiger partial charge in [-0.2, -0.15) is 0 Å². The molecule has 2 heteroatoms. The molecular weight excluding hydrogens is 140 g/mol. The fraction of sp³-hybridized carbons (Fsp3) is 0.222. The smallest absolute Gasteiger partial charge is 0.137 e. The lowest BCUT2D eigenvalue weighted by Gasteiger charge is -1.97. The zero-order valence-corrected chi connectivity index (χ0v) is 6.37. The summed E-state index contributed by atoms with van der Waals surface area (Å²) in [5.74, 6) is 0.131. The summed E-state index contributed by atoms with van der Waals surface area (Å²) in [6, 6.07) is 0. The number of ketones is 1. The van der Waals surface area contributed by atoms with Gasteiger partial charge in [0.2, 0.25) is 0 Å². The molecule has 0 atom stereocenters. The topological polar surface area (TPSA) is 37.3 Å². The Morgan fingerprint density at radius 2 is 2.00 bits per heavy atom. The van der Waals surface area contributed by atoms with Crippen molar-refractivity contribution in [3.63, 3.8) is 0 Å². The first-order valence-electron chi connectivity index (χ1n) is 3.46. The van der Waals surface area contributed by atoms with E-state index in [4.69, 9.17) is 0 Å². The maximum absolute atomic E-state index is 10.6. The summed E-state index contributed by atoms with van der Waals surface area (Å²) in [5, 5.41) is 9.28. The molecule has 1 rings (SSSR count). The first-order valence-corrected chi connectivity index (χ1v) is 3.46. The molecule has 0 aromatic rings. The number of carbonyl (C=O) groups excluding carboxylic acids is 1. The summed E-state index contributed by atoms with van der Waals surface area (Å²) >= 11 is 0. The second-order valence-corrected chi connectivity index (χ2v) is 2.50. The molecule has 0 aliphatic heterocycles. The first kappa shape index (κ1) is 7.79. The highest BCUT2D eigenvalue weighted by Gasteiger charge is 2.04. The average molecular weight is 150 g/mol. The highest BCUT2D eigenvalue weighted by Crippen LogP contribution is 2.13. The van der Waals surface area contributed by atoms with Crippen molar-refractivity contribution in [2.45, 2.75) is 13.3 Å². The summed E-state index contributed by atoms with van der Waals surface area (Å²) in [5.41, 5.74) is 0.736. The molecule has 0 fully saturated rings. The van der Waals surface area contributed by atoms with E-state index in [0.29, 0.717) is 0 Å². The Morgan fingerprint density at radius 3 is 2.45 bits per heavy atom. The molecule has 2 nitrogen and oxygen atoms in total. The number of aliphatic hydroxyl groups is 1. The van der Waals surface area contributed by atoms with Gasteiger partial charge in [0.1, 0.15) is 11.5 Å². The van der Waals surface area contributed by atoms with Gasteiger partial charge in [-0.05, 0) is 6.92 Å². The molecule has 0 unspecified atom stereocenters. The minimum atomic E-state index is -0.0244. The van der Waals surface area contributed by atoms with E-state index in [1.165, 1.54) is 6.92 Å². The second kappa shape index (κ2) is 3.19. The Hall–Kier alpha value is -1.31. The third kappa shape index (κ3) is 2.08. The molecule has 1 aliphatic carbocycles. The molecule has 0 saturated carbocycles. The van der Waals surface area contributed by atoms with E-state index < -0.39 is 0 Å². The van der Waals surface area contributed by atoms with Crippen molar-refractivity contribution in [2.24, 2.45) is 0 Å². The minimum absolute atomic E-state index is 0.0244. The Balaban J connectivity index is 2.71. The Labute approximate surface area is 65.5 Å². The number of carbonyl (C=O) groups is 1. The number of Topliss-reactive ketones (excluding diaryl/α,β-unsaturated/α-hetero) is 1. The van der Waals surface area contributed by atoms with Gasteiger partial charge in [-0.25, -0.2) is 0 Å². The molecule has 0 saturated heterocycles. The van der Waals surface area contributed by atoms with Crippen LogP contribution in [-0.4, -0.2) is 10.9 Å². The van der Waals surface area contributed by atoms with Gasteiger partial charge < -0.3 is 5.11 Å². The van der Waals surface area contributed by atoms with Gasteiger partial charge in [-0.1, -0.05) is 24.3 Å². The molecular formula is C9H10O2. The highest BCUT2D eigenvalue weighted by atomic mass is 16.3. The van der Waals surface area contributed by atoms with Gasteiger partial charge in [0.15, 0.2) is 0 Å². The number of aliphatic hydroxyl groups excluding tert-OH is 1. The number of allylic oxidation sites excluding steroid dienone is 6. The van der Waals surface area contributed by atoms with Gasteiger partial charge in [-0.15, -0.1) is 0 Å². The van der Waals surface area contributed by atoms with Crippen LogP contribution in [0.15, 0.2) is 35.6 Å². The van der Waals surface area contributed by atoms with Gasteiger partial charge in [-0.3, -0.25) is 4.79 Å². The lowest BCUT2D eigenvalue weighted by atomic mass is 10.2. The minimum Gasteiger partial charge on any atom is -0.511 e. The molecule has 0 aromatic carbocycles. The van der Waals surface area contributed by atoms with Crippen molar-refractivity contribution >= 4 is 5.78 Å². The Kier molecular flexibility index (Phi) is 2.26. The van der Waals surface area contributed by atoms with Crippen LogP contribution in [0.2, 0.25) is 0 Å². The molecule has 0 radical (unpaired) electrons. The lowest BCUT2D eigenvalue weighted by molar-refractivity contribution is -0.116. The molecule has 0 bridgehead atoms. The van der Waals surface area contributed by atoms with E-state index in [1.54, 1.807) is 12.2 Å². The van der Waals surface area contributed by atoms with Gasteiger partial charge in [0, 0.05) is 5.57 Å². The average Bonchev–Trinajstić information content (AvgIpc) is 2.35. The number of hydrogen-bond donors (Lipinski definition) is 1. The summed E-state index contributed by atoms with van der Waals surface area (Å²) in [4.78, 5) is 10.6. The monoisotopic (exact) mass is 150 g/mol. The van der Waals surface area contributed by atoms with Gasteiger partial charge >= 0.3 is 0 Å². The normalized spacial score (nSPS) is 14.1. The summed E-state index contributed by atoms with van der Waals surface area (Å²) in [6.07, 6.45) is 7.33. The van der Waals surface area contributed by atoms with Crippen molar-refractivity contribution in [3.8, 4) is 0 Å². The van der Waals surface area contributed by atoms with Crippen LogP contribution in [0.3, 0.4) is 0 Å². The van der Waals surface area contributed by atoms with Crippen LogP contribution < -0.4 is 0 Å². The van der Waals surface area contributed by atoms with Crippen LogP contribution in [0.5, 0.6) is 0 Å². The van der Waals surface area contributed by atoms with Crippen LogP contribution in [0.25, 0.3) is 0 Å². The molecule has 1 aliphatic rings. The van der Waals surface area contributed by atoms with Crippen LogP contribution in [0.4, 0.5) is 0 Å². The Bertz CT molecular complexity index is 243. The molecule has 0 spiro atoms. The van der Waals surface area contributed by atoms with Crippen molar-refractivity contribution in [1.29, 1.82) is 0 Å². The Morgan fingerprint density at radius 1 is 1.45 bits per heavy atom. The lowest BCUT2D eigenvalue weighted by Crippen LogP contribution is -1.94. The predicted octanol–water partition coefficient (Wildman–Crippen LogP) is 1.90. The first-order chi connectivity index (χ1) is 5.20. The van der Waals surface area contributed by atoms with E-state index in [2.05, 4.69) is 0 Å². The van der Waals surface area contributed by atoms with E-state index in [1.807, 2.05) is 12.2 Å². The quantitative estimate of drug-likeness (QED) is 0.610. The molecule has 0 aromatic heterocycles. The number of rotatable bonds is 2. The van der Waals surface area contributed by atoms with Gasteiger partial charge in [0.05, 0.1) is 6.42 Å². The molecule has 0 heterocycles. The fourth-order valence-corrected chi connectivity index (χ4v) is 0.904. The maximum Gasteiger partial charge on any atom is 0.137 e. The third-order valence-corrected chi connectivity index (χ3v) is 1.41. The summed E-state index contributed by atoms with van der Waals surface area (Å²) < 4.78 is 0. The van der Waals surface area contributed by atoms with Crippen LogP contribution in [-0.2, 0) is 4.79 Å². The largest absolute Gasteiger partial charge is 0.511 e. The maximum atomic E-state index is 10.6. The third-order valence-electron chi connectivity index (χ3n) is 1.41. The van der Waals surface area contributed by atoms with Crippen molar-refractivity contribution < 1.29 is 9.90 Å². The van der Waals surface area contributed by atoms with E-state index in [-0.39, 0.29) is 18.0 Å². The van der Waals surface area contributed by atoms with Crippen molar-refractivity contribution in [2.75, 3.05) is 0 Å². The summed E-state index contributed by atoms with van der Waals surface area (Å²) in [7, 11) is 0. The van der Waals surface area contributed by atoms with Crippen molar-refractivity contribution in [1.82, 2.24) is 0 Å².